The predicted octanol–water partition coefficient (Wildman–Crippen LogP) is 9.76. The molecule has 0 unspecified atom stereocenters. The van der Waals surface area contributed by atoms with Crippen LogP contribution in [0.1, 0.15) is 125 Å². The topological polar surface area (TPSA) is 211 Å². The number of H-pyrrole nitrogens is 1. The number of fused-ring (bicyclic) bond motifs is 2. The lowest BCUT2D eigenvalue weighted by Gasteiger charge is -2.56. The summed E-state index contributed by atoms with van der Waals surface area (Å²) in [6.45, 7) is 10.9. The van der Waals surface area contributed by atoms with Gasteiger partial charge in [0.2, 0.25) is 0 Å². The molecule has 2 saturated carbocycles. The molecule has 19 heteroatoms. The van der Waals surface area contributed by atoms with Crippen LogP contribution in [0.15, 0.2) is 71.8 Å². The first-order chi connectivity index (χ1) is 34.9. The minimum Gasteiger partial charge on any atom is -0.489 e. The number of nitrogens with one attached hydrogen (secondary N) is 3. The Labute approximate surface area is 425 Å². The van der Waals surface area contributed by atoms with Crippen molar-refractivity contribution in [2.24, 2.45) is 11.3 Å². The number of nitrogens with zero attached hydrogens (tertiary/aromatic N) is 4. The first kappa shape index (κ1) is 50.5. The highest BCUT2D eigenvalue weighted by Gasteiger charge is 2.50. The van der Waals surface area contributed by atoms with Crippen LogP contribution in [-0.2, 0) is 14.8 Å². The van der Waals surface area contributed by atoms with Crippen molar-refractivity contribution in [1.29, 1.82) is 0 Å². The largest absolute Gasteiger partial charge is 0.489 e. The third kappa shape index (κ3) is 10.3. The smallest absolute Gasteiger partial charge is 0.297 e. The van der Waals surface area contributed by atoms with Crippen molar-refractivity contribution in [1.82, 2.24) is 19.6 Å². The number of benzene rings is 3. The van der Waals surface area contributed by atoms with E-state index in [1.54, 1.807) is 26.0 Å². The molecule has 3 aliphatic heterocycles. The van der Waals surface area contributed by atoms with Gasteiger partial charge in [-0.2, -0.15) is 4.98 Å². The van der Waals surface area contributed by atoms with Gasteiger partial charge in [0.1, 0.15) is 30.4 Å². The van der Waals surface area contributed by atoms with Gasteiger partial charge in [0.15, 0.2) is 17.2 Å². The van der Waals surface area contributed by atoms with E-state index in [9.17, 15) is 28.4 Å². The molecule has 3 atom stereocenters. The number of aliphatic hydroxyl groups is 1. The van der Waals surface area contributed by atoms with Gasteiger partial charge in [0.05, 0.1) is 38.5 Å². The van der Waals surface area contributed by atoms with Crippen molar-refractivity contribution in [3.05, 3.63) is 99.5 Å². The lowest BCUT2D eigenvalue weighted by molar-refractivity contribution is -0.384. The van der Waals surface area contributed by atoms with E-state index in [1.807, 2.05) is 0 Å². The number of aromatic nitrogens is 2. The molecule has 2 saturated heterocycles. The maximum atomic E-state index is 15.1. The zero-order valence-electron chi connectivity index (χ0n) is 42.1. The minimum atomic E-state index is -4.78. The molecule has 0 radical (unpaired) electrons. The maximum Gasteiger partial charge on any atom is 0.297 e. The van der Waals surface area contributed by atoms with Crippen molar-refractivity contribution >= 4 is 44.0 Å². The monoisotopic (exact) mass is 1020 g/mol. The van der Waals surface area contributed by atoms with Crippen LogP contribution in [0.3, 0.4) is 0 Å². The number of likely N-dealkylation sites (tertiary alicyclic amines) is 1. The van der Waals surface area contributed by atoms with E-state index in [0.29, 0.717) is 43.7 Å². The number of pyridine rings is 1. The molecule has 390 valence electrons. The molecule has 0 bridgehead atoms. The van der Waals surface area contributed by atoms with Crippen LogP contribution in [0.2, 0.25) is 0 Å². The highest BCUT2D eigenvalue weighted by atomic mass is 32.2. The Morgan fingerprint density at radius 1 is 1.03 bits per heavy atom. The van der Waals surface area contributed by atoms with Crippen LogP contribution >= 0.6 is 0 Å². The molecule has 4 fully saturated rings. The van der Waals surface area contributed by atoms with Gasteiger partial charge in [-0.3, -0.25) is 19.8 Å². The van der Waals surface area contributed by atoms with E-state index in [2.05, 4.69) is 67.9 Å². The Balaban J connectivity index is 0.904. The molecule has 2 aliphatic carbocycles. The van der Waals surface area contributed by atoms with Crippen LogP contribution < -0.4 is 29.1 Å². The molecule has 2 aromatic heterocycles. The van der Waals surface area contributed by atoms with Gasteiger partial charge >= 0.3 is 0 Å². The number of piperidine rings is 1. The molecule has 10 rings (SSSR count). The Hall–Kier alpha value is -6.02. The van der Waals surface area contributed by atoms with E-state index in [0.717, 1.165) is 69.3 Å². The summed E-state index contributed by atoms with van der Waals surface area (Å²) in [6, 6.07) is 17.9. The van der Waals surface area contributed by atoms with Gasteiger partial charge in [-0.1, -0.05) is 38.1 Å². The SMILES string of the molecule is CO[C@H](C)COc1nc2[nH]cc(F)c2cc1Oc1cc(N2CCC3(CC2)CC(N2CCC[C@H]2c2ccccc2C(C)C)C3)ccc1C(=O)NS(=O)(=O)c1cc2c(c([N+](=O)[O-])c1)N[C@@H](C1CCC(C)(O)CC1)CO2. The van der Waals surface area contributed by atoms with Crippen molar-refractivity contribution in [2.45, 2.75) is 133 Å². The summed E-state index contributed by atoms with van der Waals surface area (Å²) in [5.41, 5.74) is 2.59. The number of hydrogen-bond donors (Lipinski definition) is 4. The van der Waals surface area contributed by atoms with Crippen molar-refractivity contribution in [3.8, 4) is 23.1 Å². The number of nitro groups is 1. The Bertz CT molecular complexity index is 2990. The van der Waals surface area contributed by atoms with Crippen LogP contribution in [0.5, 0.6) is 23.1 Å². The van der Waals surface area contributed by atoms with Crippen LogP contribution in [0.4, 0.5) is 21.5 Å². The normalized spacial score (nSPS) is 23.6. The number of halogens is 1. The van der Waals surface area contributed by atoms with E-state index < -0.39 is 42.9 Å². The van der Waals surface area contributed by atoms with Crippen LogP contribution in [-0.4, -0.2) is 103 Å². The number of anilines is 2. The molecule has 5 aliphatic rings. The lowest BCUT2D eigenvalue weighted by Crippen LogP contribution is -2.54. The van der Waals surface area contributed by atoms with Crippen LogP contribution in [0, 0.1) is 27.3 Å². The first-order valence-corrected chi connectivity index (χ1v) is 27.1. The number of rotatable bonds is 15. The number of carbonyl (C=O) groups is 1. The van der Waals surface area contributed by atoms with Crippen LogP contribution in [0.25, 0.3) is 11.0 Å². The average Bonchev–Trinajstić information content (AvgIpc) is 4.00. The highest BCUT2D eigenvalue weighted by molar-refractivity contribution is 7.90. The standard InChI is InChI=1S/C54H66FN7O10S/c1-32(2)38-9-6-7-10-39(38)44-11-8-20-61(44)36-27-54(28-36)18-21-60(22-19-54)35-12-13-40(46(23-35)72-48-26-41-42(55)29-56-50(41)58-52(48)71-30-33(3)69-5)51(63)59-73(67,68)37-24-45(62(65)66)49-47(25-37)70-31-43(57-49)34-14-16-53(4,64)17-15-34/h6-7,9-10,12-13,23-26,29,32-34,36,43-44,57,64H,8,11,14-22,27-28,30-31H2,1-5H3,(H,56,58)(H,59,63)/t33-,34?,43-,44+,53?/m1/s1. The van der Waals surface area contributed by atoms with E-state index in [1.165, 1.54) is 43.2 Å². The summed E-state index contributed by atoms with van der Waals surface area (Å²) in [5, 5.41) is 26.3. The second-order valence-corrected chi connectivity index (χ2v) is 23.3. The molecule has 3 aromatic carbocycles. The molecular weight excluding hydrogens is 958 g/mol. The van der Waals surface area contributed by atoms with E-state index in [-0.39, 0.29) is 82.1 Å². The van der Waals surface area contributed by atoms with Gasteiger partial charge < -0.3 is 39.3 Å². The number of carbonyl (C=O) groups excluding carboxylic acids is 1. The molecule has 4 N–H and O–H groups in total. The fourth-order valence-electron chi connectivity index (χ4n) is 11.9. The fraction of sp³-hybridized carbons (Fsp3) is 0.519. The van der Waals surface area contributed by atoms with Gasteiger partial charge in [0, 0.05) is 68.4 Å². The molecule has 1 amide bonds. The third-order valence-electron chi connectivity index (χ3n) is 16.3. The highest BCUT2D eigenvalue weighted by Crippen LogP contribution is 2.54. The Morgan fingerprint density at radius 2 is 1.78 bits per heavy atom. The van der Waals surface area contributed by atoms with E-state index in [4.69, 9.17) is 18.9 Å². The minimum absolute atomic E-state index is 0.0254. The number of aromatic amines is 1. The number of ether oxygens (including phenoxy) is 4. The summed E-state index contributed by atoms with van der Waals surface area (Å²) in [7, 11) is -3.25. The number of methoxy groups -OCH3 is 1. The molecule has 1 spiro atoms. The Kier molecular flexibility index (Phi) is 13.8. The van der Waals surface area contributed by atoms with Gasteiger partial charge in [-0.05, 0) is 125 Å². The van der Waals surface area contributed by atoms with Crippen molar-refractivity contribution in [2.75, 3.05) is 50.2 Å². The lowest BCUT2D eigenvalue weighted by atomic mass is 9.59. The van der Waals surface area contributed by atoms with Crippen molar-refractivity contribution < 1.29 is 46.6 Å². The number of nitro benzene ring substituents is 1. The molecular formula is C54H66FN7O10S. The molecule has 73 heavy (non-hydrogen) atoms. The third-order valence-corrected chi connectivity index (χ3v) is 17.6. The number of hydrogen-bond acceptors (Lipinski definition) is 14. The summed E-state index contributed by atoms with van der Waals surface area (Å²) in [4.78, 5) is 37.9. The van der Waals surface area contributed by atoms with Gasteiger partial charge in [-0.15, -0.1) is 0 Å². The summed E-state index contributed by atoms with van der Waals surface area (Å²) < 4.78 is 69.4. The molecule has 17 nitrogen and oxygen atoms in total. The summed E-state index contributed by atoms with van der Waals surface area (Å²) >= 11 is 0. The number of amides is 1. The summed E-state index contributed by atoms with van der Waals surface area (Å²) in [5.74, 6) is -1.31. The fourth-order valence-corrected chi connectivity index (χ4v) is 12.9. The molecule has 5 heterocycles. The zero-order chi connectivity index (χ0) is 51.4. The Morgan fingerprint density at radius 3 is 2.51 bits per heavy atom. The zero-order valence-corrected chi connectivity index (χ0v) is 42.9. The quantitative estimate of drug-likeness (QED) is 0.0568. The summed E-state index contributed by atoms with van der Waals surface area (Å²) in [6.07, 6.45) is 9.92. The maximum absolute atomic E-state index is 15.1. The average molecular weight is 1020 g/mol. The number of sulfonamides is 1. The predicted molar refractivity (Wildman–Crippen MR) is 274 cm³/mol. The van der Waals surface area contributed by atoms with E-state index >= 15 is 4.39 Å². The second kappa shape index (κ2) is 20.0. The first-order valence-electron chi connectivity index (χ1n) is 25.7. The molecule has 5 aromatic rings. The van der Waals surface area contributed by atoms with Gasteiger partial charge in [0.25, 0.3) is 27.5 Å². The second-order valence-electron chi connectivity index (χ2n) is 21.6. The van der Waals surface area contributed by atoms with Crippen molar-refractivity contribution in [3.63, 3.8) is 0 Å². The van der Waals surface area contributed by atoms with Gasteiger partial charge in [-0.25, -0.2) is 17.5 Å².